The molecule has 7 heteroatoms. The third-order valence-electron chi connectivity index (χ3n) is 5.74. The van der Waals surface area contributed by atoms with Crippen molar-refractivity contribution in [1.29, 1.82) is 0 Å². The van der Waals surface area contributed by atoms with Gasteiger partial charge in [0.1, 0.15) is 0 Å². The van der Waals surface area contributed by atoms with Crippen LogP contribution in [0.15, 0.2) is 60.2 Å². The Morgan fingerprint density at radius 2 is 1.77 bits per heavy atom. The van der Waals surface area contributed by atoms with Crippen molar-refractivity contribution in [3.8, 4) is 11.5 Å². The maximum absolute atomic E-state index is 13.1. The van der Waals surface area contributed by atoms with E-state index in [1.165, 1.54) is 0 Å². The second kappa shape index (κ2) is 8.23. The number of morpholine rings is 1. The number of nitrogens with zero attached hydrogens (tertiary/aromatic N) is 1. The lowest BCUT2D eigenvalue weighted by Crippen LogP contribution is -2.40. The Morgan fingerprint density at radius 3 is 2.48 bits per heavy atom. The highest BCUT2D eigenvalue weighted by Crippen LogP contribution is 2.55. The largest absolute Gasteiger partial charge is 0.439 e. The number of benzene rings is 2. The third-order valence-corrected chi connectivity index (χ3v) is 6.40. The van der Waals surface area contributed by atoms with Crippen LogP contribution in [0.1, 0.15) is 28.8 Å². The van der Waals surface area contributed by atoms with Gasteiger partial charge in [-0.05, 0) is 18.9 Å². The van der Waals surface area contributed by atoms with E-state index < -0.39 is 5.79 Å². The second-order valence-electron chi connectivity index (χ2n) is 7.63. The molecule has 2 aromatic carbocycles. The molecule has 0 aromatic heterocycles. The quantitative estimate of drug-likeness (QED) is 0.621. The van der Waals surface area contributed by atoms with Crippen molar-refractivity contribution < 1.29 is 19.0 Å². The number of rotatable bonds is 3. The highest BCUT2D eigenvalue weighted by atomic mass is 35.5. The van der Waals surface area contributed by atoms with Gasteiger partial charge in [-0.25, -0.2) is 0 Å². The molecule has 0 radical (unpaired) electrons. The summed E-state index contributed by atoms with van der Waals surface area (Å²) in [4.78, 5) is 14.8. The van der Waals surface area contributed by atoms with Crippen LogP contribution >= 0.6 is 23.2 Å². The molecule has 2 aromatic rings. The van der Waals surface area contributed by atoms with Gasteiger partial charge < -0.3 is 19.1 Å². The molecule has 5 rings (SSSR count). The van der Waals surface area contributed by atoms with Gasteiger partial charge in [0.15, 0.2) is 11.5 Å². The van der Waals surface area contributed by atoms with E-state index in [1.54, 1.807) is 11.0 Å². The van der Waals surface area contributed by atoms with Crippen LogP contribution in [0.5, 0.6) is 11.5 Å². The first-order chi connectivity index (χ1) is 15.1. The number of allylic oxidation sites excluding steroid dienone is 3. The monoisotopic (exact) mass is 457 g/mol. The molecule has 0 spiro atoms. The summed E-state index contributed by atoms with van der Waals surface area (Å²) < 4.78 is 18.2. The molecule has 1 atom stereocenters. The molecule has 0 bridgehead atoms. The molecular formula is C24H21Cl2NO4. The molecule has 5 nitrogen and oxygen atoms in total. The van der Waals surface area contributed by atoms with E-state index in [0.29, 0.717) is 48.4 Å². The first-order valence-electron chi connectivity index (χ1n) is 10.3. The average Bonchev–Trinajstić information content (AvgIpc) is 3.26. The molecule has 160 valence electrons. The van der Waals surface area contributed by atoms with Gasteiger partial charge >= 0.3 is 5.79 Å². The second-order valence-corrected chi connectivity index (χ2v) is 8.41. The summed E-state index contributed by atoms with van der Waals surface area (Å²) in [6.45, 7) is 2.02. The highest BCUT2D eigenvalue weighted by Gasteiger charge is 2.49. The fourth-order valence-corrected chi connectivity index (χ4v) is 4.64. The van der Waals surface area contributed by atoms with Gasteiger partial charge in [0.05, 0.1) is 28.8 Å². The molecule has 31 heavy (non-hydrogen) atoms. The zero-order valence-corrected chi connectivity index (χ0v) is 18.3. The van der Waals surface area contributed by atoms with Crippen molar-refractivity contribution in [3.05, 3.63) is 81.4 Å². The Kier molecular flexibility index (Phi) is 5.42. The van der Waals surface area contributed by atoms with Gasteiger partial charge in [-0.1, -0.05) is 71.8 Å². The minimum absolute atomic E-state index is 0.196. The summed E-state index contributed by atoms with van der Waals surface area (Å²) in [5.41, 5.74) is 2.10. The summed E-state index contributed by atoms with van der Waals surface area (Å²) in [5, 5.41) is 0.501. The van der Waals surface area contributed by atoms with Crippen molar-refractivity contribution in [1.82, 2.24) is 4.90 Å². The molecular weight excluding hydrogens is 437 g/mol. The van der Waals surface area contributed by atoms with E-state index in [1.807, 2.05) is 42.5 Å². The van der Waals surface area contributed by atoms with Crippen LogP contribution in [-0.4, -0.2) is 37.1 Å². The smallest absolute Gasteiger partial charge is 0.302 e. The van der Waals surface area contributed by atoms with Crippen molar-refractivity contribution >= 4 is 29.1 Å². The van der Waals surface area contributed by atoms with Gasteiger partial charge in [-0.15, -0.1) is 0 Å². The Labute approximate surface area is 190 Å². The Morgan fingerprint density at radius 1 is 1.03 bits per heavy atom. The maximum Gasteiger partial charge on any atom is 0.302 e. The standard InChI is InChI=1S/C24H21Cl2NO4/c25-19-15-18(23(28)27-11-13-29-14-12-27)20(26)22-21(19)30-24(31-22,16-7-3-1-4-8-16)17-9-5-2-6-10-17/h1-5,7-9,15H,6,10-14H2. The van der Waals surface area contributed by atoms with Crippen LogP contribution in [0.2, 0.25) is 10.0 Å². The van der Waals surface area contributed by atoms with Crippen LogP contribution in [0.3, 0.4) is 0 Å². The summed E-state index contributed by atoms with van der Waals surface area (Å²) in [5.74, 6) is -0.726. The first kappa shape index (κ1) is 20.4. The van der Waals surface area contributed by atoms with Gasteiger partial charge in [0.2, 0.25) is 0 Å². The van der Waals surface area contributed by atoms with Crippen LogP contribution in [0.4, 0.5) is 0 Å². The van der Waals surface area contributed by atoms with Crippen molar-refractivity contribution in [2.24, 2.45) is 0 Å². The zero-order valence-electron chi connectivity index (χ0n) is 16.8. The van der Waals surface area contributed by atoms with Crippen LogP contribution in [-0.2, 0) is 10.5 Å². The van der Waals surface area contributed by atoms with Crippen molar-refractivity contribution in [2.75, 3.05) is 26.3 Å². The predicted octanol–water partition coefficient (Wildman–Crippen LogP) is 5.37. The average molecular weight is 458 g/mol. The van der Waals surface area contributed by atoms with Crippen molar-refractivity contribution in [2.45, 2.75) is 18.6 Å². The highest BCUT2D eigenvalue weighted by molar-refractivity contribution is 6.38. The molecule has 1 saturated heterocycles. The molecule has 1 fully saturated rings. The summed E-state index contributed by atoms with van der Waals surface area (Å²) in [6, 6.07) is 11.3. The van der Waals surface area contributed by atoms with E-state index in [9.17, 15) is 4.79 Å². The molecule has 1 amide bonds. The number of hydrogen-bond acceptors (Lipinski definition) is 4. The number of amides is 1. The molecule has 0 N–H and O–H groups in total. The molecule has 2 aliphatic heterocycles. The summed E-state index contributed by atoms with van der Waals surface area (Å²) in [6.07, 6.45) is 7.75. The van der Waals surface area contributed by atoms with Crippen LogP contribution in [0, 0.1) is 0 Å². The van der Waals surface area contributed by atoms with Gasteiger partial charge in [0, 0.05) is 24.2 Å². The Balaban J connectivity index is 1.59. The van der Waals surface area contributed by atoms with Crippen molar-refractivity contribution in [3.63, 3.8) is 0 Å². The SMILES string of the molecule is O=C(c1cc(Cl)c2c(c1Cl)OC(C1=CC=CCC1)(c1ccccc1)O2)N1CCOCC1. The zero-order chi connectivity index (χ0) is 21.4. The third kappa shape index (κ3) is 3.51. The minimum atomic E-state index is -1.18. The molecule has 1 unspecified atom stereocenters. The predicted molar refractivity (Wildman–Crippen MR) is 119 cm³/mol. The number of fused-ring (bicyclic) bond motifs is 1. The van der Waals surface area contributed by atoms with Gasteiger partial charge in [-0.3, -0.25) is 4.79 Å². The molecule has 3 aliphatic rings. The lowest BCUT2D eigenvalue weighted by atomic mass is 9.91. The fraction of sp³-hybridized carbons (Fsp3) is 0.292. The number of hydrogen-bond donors (Lipinski definition) is 0. The number of halogens is 2. The summed E-state index contributed by atoms with van der Waals surface area (Å²) in [7, 11) is 0. The topological polar surface area (TPSA) is 48.0 Å². The van der Waals surface area contributed by atoms with E-state index in [2.05, 4.69) is 6.08 Å². The van der Waals surface area contributed by atoms with E-state index >= 15 is 0 Å². The molecule has 1 aliphatic carbocycles. The van der Waals surface area contributed by atoms with E-state index in [4.69, 9.17) is 37.4 Å². The van der Waals surface area contributed by atoms with E-state index in [0.717, 1.165) is 24.0 Å². The number of ether oxygens (including phenoxy) is 3. The lowest BCUT2D eigenvalue weighted by molar-refractivity contribution is -0.0526. The fourth-order valence-electron chi connectivity index (χ4n) is 4.14. The summed E-state index contributed by atoms with van der Waals surface area (Å²) >= 11 is 13.3. The normalized spacial score (nSPS) is 22.4. The van der Waals surface area contributed by atoms with Gasteiger partial charge in [-0.2, -0.15) is 0 Å². The number of carbonyl (C=O) groups excluding carboxylic acids is 1. The van der Waals surface area contributed by atoms with Crippen LogP contribution in [0.25, 0.3) is 0 Å². The molecule has 2 heterocycles. The van der Waals surface area contributed by atoms with E-state index in [-0.39, 0.29) is 10.9 Å². The maximum atomic E-state index is 13.1. The van der Waals surface area contributed by atoms with Crippen LogP contribution < -0.4 is 9.47 Å². The van der Waals surface area contributed by atoms with Gasteiger partial charge in [0.25, 0.3) is 5.91 Å². The minimum Gasteiger partial charge on any atom is -0.439 e. The number of carbonyl (C=O) groups is 1. The Hall–Kier alpha value is -2.47. The Bertz CT molecular complexity index is 1080. The lowest BCUT2D eigenvalue weighted by Gasteiger charge is -2.31. The first-order valence-corrected chi connectivity index (χ1v) is 11.0. The molecule has 0 saturated carbocycles.